The number of aryl methyl sites for hydroxylation is 1. The maximum atomic E-state index is 12.5. The average molecular weight is 564 g/mol. The fraction of sp³-hybridized carbons (Fsp3) is 0.286. The fourth-order valence-electron chi connectivity index (χ4n) is 4.60. The number of H-pyrrole nitrogens is 1. The highest BCUT2D eigenvalue weighted by Crippen LogP contribution is 2.33. The largest absolute Gasteiger partial charge is 0.477 e. The molecule has 0 radical (unpaired) electrons. The molecule has 2 N–H and O–H groups in total. The number of ether oxygens (including phenoxy) is 1. The number of aromatic nitrogens is 5. The Kier molecular flexibility index (Phi) is 7.74. The summed E-state index contributed by atoms with van der Waals surface area (Å²) < 4.78 is 7.95. The van der Waals surface area contributed by atoms with Crippen LogP contribution in [-0.2, 0) is 24.9 Å². The van der Waals surface area contributed by atoms with Crippen LogP contribution >= 0.6 is 23.1 Å². The van der Waals surface area contributed by atoms with Gasteiger partial charge in [-0.3, -0.25) is 4.57 Å². The lowest BCUT2D eigenvalue weighted by Crippen LogP contribution is -2.23. The van der Waals surface area contributed by atoms with E-state index >= 15 is 0 Å². The van der Waals surface area contributed by atoms with Crippen molar-refractivity contribution in [2.75, 3.05) is 12.9 Å². The van der Waals surface area contributed by atoms with Crippen molar-refractivity contribution in [3.05, 3.63) is 74.3 Å². The Hall–Kier alpha value is -3.67. The summed E-state index contributed by atoms with van der Waals surface area (Å²) in [5.41, 5.74) is 5.28. The summed E-state index contributed by atoms with van der Waals surface area (Å²) in [5.74, 6) is 0.895. The van der Waals surface area contributed by atoms with Gasteiger partial charge in [-0.15, -0.1) is 16.4 Å². The first-order valence-corrected chi connectivity index (χ1v) is 14.2. The Morgan fingerprint density at radius 3 is 2.59 bits per heavy atom. The van der Waals surface area contributed by atoms with Gasteiger partial charge in [0.1, 0.15) is 17.1 Å². The molecule has 0 aliphatic heterocycles. The summed E-state index contributed by atoms with van der Waals surface area (Å²) in [4.78, 5) is 33.1. The molecule has 0 spiro atoms. The zero-order chi connectivity index (χ0) is 27.7. The highest BCUT2D eigenvalue weighted by molar-refractivity contribution is 7.99. The number of hydrogen-bond donors (Lipinski definition) is 2. The van der Waals surface area contributed by atoms with Gasteiger partial charge in [0.05, 0.1) is 5.52 Å². The standard InChI is InChI=1S/C28H29N5O4S2/c1-16(14-38-27-29-22-17(2)39-24(26(34)35)23(22)30-27)13-18-9-11-19(12-10-18)20-7-5-6-8-21(20)25-31-33(15-37-4)28(36)32(25)3/h5-12,16H,13-15H2,1-4H3,(H,29,30)(H,34,35). The van der Waals surface area contributed by atoms with Gasteiger partial charge in [0.25, 0.3) is 0 Å². The van der Waals surface area contributed by atoms with Crippen LogP contribution in [0, 0.1) is 12.8 Å². The Morgan fingerprint density at radius 2 is 1.90 bits per heavy atom. The monoisotopic (exact) mass is 563 g/mol. The number of methoxy groups -OCH3 is 1. The number of nitrogens with zero attached hydrogens (tertiary/aromatic N) is 4. The van der Waals surface area contributed by atoms with Crippen LogP contribution in [0.2, 0.25) is 0 Å². The van der Waals surface area contributed by atoms with Gasteiger partial charge in [0.2, 0.25) is 0 Å². The van der Waals surface area contributed by atoms with E-state index in [1.807, 2.05) is 31.2 Å². The molecule has 5 aromatic rings. The second-order valence-electron chi connectivity index (χ2n) is 9.50. The van der Waals surface area contributed by atoms with Crippen LogP contribution in [0.15, 0.2) is 58.5 Å². The summed E-state index contributed by atoms with van der Waals surface area (Å²) in [6, 6.07) is 16.4. The molecule has 0 aliphatic rings. The van der Waals surface area contributed by atoms with Gasteiger partial charge < -0.3 is 14.8 Å². The lowest BCUT2D eigenvalue weighted by molar-refractivity contribution is 0.0704. The molecule has 1 atom stereocenters. The minimum atomic E-state index is -0.928. The molecular weight excluding hydrogens is 534 g/mol. The van der Waals surface area contributed by atoms with E-state index < -0.39 is 5.97 Å². The number of hydrogen-bond acceptors (Lipinski definition) is 7. The van der Waals surface area contributed by atoms with Gasteiger partial charge in [0, 0.05) is 30.4 Å². The predicted octanol–water partition coefficient (Wildman–Crippen LogP) is 5.44. The van der Waals surface area contributed by atoms with E-state index in [9.17, 15) is 14.7 Å². The molecule has 11 heteroatoms. The number of benzene rings is 2. The molecule has 0 bridgehead atoms. The molecule has 0 saturated heterocycles. The van der Waals surface area contributed by atoms with Gasteiger partial charge in [0.15, 0.2) is 11.0 Å². The number of rotatable bonds is 10. The van der Waals surface area contributed by atoms with Gasteiger partial charge in [-0.2, -0.15) is 4.68 Å². The number of fused-ring (bicyclic) bond motifs is 1. The molecule has 39 heavy (non-hydrogen) atoms. The van der Waals surface area contributed by atoms with Crippen LogP contribution in [0.25, 0.3) is 33.5 Å². The van der Waals surface area contributed by atoms with E-state index in [4.69, 9.17) is 4.74 Å². The second kappa shape index (κ2) is 11.2. The maximum Gasteiger partial charge on any atom is 0.348 e. The lowest BCUT2D eigenvalue weighted by Gasteiger charge is -2.12. The number of imidazole rings is 1. The van der Waals surface area contributed by atoms with E-state index in [0.29, 0.717) is 22.1 Å². The molecule has 9 nitrogen and oxygen atoms in total. The zero-order valence-electron chi connectivity index (χ0n) is 22.1. The van der Waals surface area contributed by atoms with E-state index in [1.54, 1.807) is 18.8 Å². The lowest BCUT2D eigenvalue weighted by atomic mass is 9.96. The first-order valence-electron chi connectivity index (χ1n) is 12.4. The van der Waals surface area contributed by atoms with Crippen molar-refractivity contribution in [1.82, 2.24) is 24.3 Å². The molecule has 202 valence electrons. The Balaban J connectivity index is 1.28. The summed E-state index contributed by atoms with van der Waals surface area (Å²) in [5, 5.41) is 14.7. The van der Waals surface area contributed by atoms with E-state index in [-0.39, 0.29) is 12.4 Å². The Labute approximate surface area is 233 Å². The zero-order valence-corrected chi connectivity index (χ0v) is 23.7. The number of aromatic carboxylic acids is 1. The Bertz CT molecular complexity index is 1700. The smallest absolute Gasteiger partial charge is 0.348 e. The molecule has 1 unspecified atom stereocenters. The summed E-state index contributed by atoms with van der Waals surface area (Å²) in [7, 11) is 3.25. The third-order valence-corrected chi connectivity index (χ3v) is 8.79. The third-order valence-electron chi connectivity index (χ3n) is 6.51. The quantitative estimate of drug-likeness (QED) is 0.218. The van der Waals surface area contributed by atoms with Crippen LogP contribution in [0.3, 0.4) is 0 Å². The van der Waals surface area contributed by atoms with Gasteiger partial charge >= 0.3 is 11.7 Å². The SMILES string of the molecule is COCn1nc(-c2ccccc2-c2ccc(CC(C)CSc3nc4c(C)sc(C(=O)O)c4[nH]3)cc2)n(C)c1=O. The number of carboxylic acids is 1. The number of carbonyl (C=O) groups is 1. The average Bonchev–Trinajstić information content (AvgIpc) is 3.57. The van der Waals surface area contributed by atoms with Crippen molar-refractivity contribution < 1.29 is 14.6 Å². The minimum absolute atomic E-state index is 0.0984. The number of nitrogens with one attached hydrogen (secondary N) is 1. The van der Waals surface area contributed by atoms with Crippen LogP contribution in [-0.4, -0.2) is 48.3 Å². The summed E-state index contributed by atoms with van der Waals surface area (Å²) >= 11 is 2.87. The highest BCUT2D eigenvalue weighted by Gasteiger charge is 2.19. The first-order chi connectivity index (χ1) is 18.8. The third kappa shape index (κ3) is 5.42. The molecule has 5 rings (SSSR count). The molecule has 0 aliphatic carbocycles. The molecule has 3 heterocycles. The van der Waals surface area contributed by atoms with E-state index in [1.165, 1.54) is 33.3 Å². The fourth-order valence-corrected chi connectivity index (χ4v) is 6.38. The molecule has 3 aromatic heterocycles. The summed E-state index contributed by atoms with van der Waals surface area (Å²) in [6.45, 7) is 4.20. The highest BCUT2D eigenvalue weighted by atomic mass is 32.2. The molecule has 0 saturated carbocycles. The van der Waals surface area contributed by atoms with Crippen LogP contribution < -0.4 is 5.69 Å². The predicted molar refractivity (Wildman–Crippen MR) is 155 cm³/mol. The summed E-state index contributed by atoms with van der Waals surface area (Å²) in [6.07, 6.45) is 0.902. The topological polar surface area (TPSA) is 115 Å². The van der Waals surface area contributed by atoms with Crippen LogP contribution in [0.1, 0.15) is 27.0 Å². The minimum Gasteiger partial charge on any atom is -0.477 e. The molecular formula is C28H29N5O4S2. The number of thiophene rings is 1. The van der Waals surface area contributed by atoms with Gasteiger partial charge in [-0.25, -0.2) is 14.6 Å². The first kappa shape index (κ1) is 26.9. The van der Waals surface area contributed by atoms with Crippen molar-refractivity contribution in [2.45, 2.75) is 32.2 Å². The van der Waals surface area contributed by atoms with Crippen molar-refractivity contribution >= 4 is 40.1 Å². The normalized spacial score (nSPS) is 12.3. The van der Waals surface area contributed by atoms with Crippen molar-refractivity contribution in [3.8, 4) is 22.5 Å². The van der Waals surface area contributed by atoms with E-state index in [2.05, 4.69) is 46.3 Å². The van der Waals surface area contributed by atoms with E-state index in [0.717, 1.165) is 44.4 Å². The number of carboxylic acid groups (broad SMARTS) is 1. The molecule has 2 aromatic carbocycles. The second-order valence-corrected chi connectivity index (χ2v) is 11.7. The molecule has 0 fully saturated rings. The van der Waals surface area contributed by atoms with Crippen molar-refractivity contribution in [3.63, 3.8) is 0 Å². The van der Waals surface area contributed by atoms with Crippen LogP contribution in [0.4, 0.5) is 0 Å². The Morgan fingerprint density at radius 1 is 1.18 bits per heavy atom. The van der Waals surface area contributed by atoms with Crippen LogP contribution in [0.5, 0.6) is 0 Å². The number of thioether (sulfide) groups is 1. The number of aromatic amines is 1. The van der Waals surface area contributed by atoms with Gasteiger partial charge in [-0.1, -0.05) is 67.2 Å². The van der Waals surface area contributed by atoms with Crippen molar-refractivity contribution in [2.24, 2.45) is 13.0 Å². The van der Waals surface area contributed by atoms with Crippen molar-refractivity contribution in [1.29, 1.82) is 0 Å². The molecule has 0 amide bonds. The maximum absolute atomic E-state index is 12.5. The van der Waals surface area contributed by atoms with Gasteiger partial charge in [-0.05, 0) is 36.0 Å².